The number of hydrogen-bond donors (Lipinski definition) is 2. The molecule has 0 aromatic rings. The summed E-state index contributed by atoms with van der Waals surface area (Å²) >= 11 is 0. The minimum Gasteiger partial charge on any atom is -0.305 e. The van der Waals surface area contributed by atoms with Crippen LogP contribution in [0.25, 0.3) is 0 Å². The average molecular weight is 241 g/mol. The fourth-order valence-electron chi connectivity index (χ4n) is 2.10. The Hall–Kier alpha value is -0.450. The fraction of sp³-hybridized carbons (Fsp3) is 0.923. The summed E-state index contributed by atoms with van der Waals surface area (Å²) in [6, 6.07) is 0.336. The van der Waals surface area contributed by atoms with Gasteiger partial charge in [-0.2, -0.15) is 0 Å². The van der Waals surface area contributed by atoms with Crippen molar-refractivity contribution in [1.82, 2.24) is 15.8 Å². The summed E-state index contributed by atoms with van der Waals surface area (Å²) in [5.41, 5.74) is 3.37. The van der Waals surface area contributed by atoms with Gasteiger partial charge in [0, 0.05) is 19.0 Å². The molecule has 0 aromatic heterocycles. The molecule has 4 heteroatoms. The summed E-state index contributed by atoms with van der Waals surface area (Å²) in [6.45, 7) is 10.3. The topological polar surface area (TPSA) is 54.0 Å². The number of nitrogens with zero attached hydrogens (tertiary/aromatic N) is 1. The van der Waals surface area contributed by atoms with Crippen molar-refractivity contribution in [2.45, 2.75) is 65.2 Å². The van der Waals surface area contributed by atoms with Crippen LogP contribution in [0.3, 0.4) is 0 Å². The zero-order valence-corrected chi connectivity index (χ0v) is 12.0. The molecule has 0 spiro atoms. The number of hydrogen-bond acceptors (Lipinski definition) is 4. The molecule has 1 aliphatic heterocycles. The normalized spacial score (nSPS) is 29.8. The van der Waals surface area contributed by atoms with Gasteiger partial charge in [-0.15, -0.1) is 0 Å². The van der Waals surface area contributed by atoms with Crippen molar-refractivity contribution in [1.29, 1.82) is 0 Å². The molecule has 0 radical (unpaired) electrons. The zero-order chi connectivity index (χ0) is 13.2. The molecule has 1 fully saturated rings. The van der Waals surface area contributed by atoms with Gasteiger partial charge in [0.2, 0.25) is 0 Å². The Labute approximate surface area is 105 Å². The minimum atomic E-state index is -0.0115. The van der Waals surface area contributed by atoms with Crippen molar-refractivity contribution in [3.63, 3.8) is 0 Å². The molecular formula is C13H27N3O. The van der Waals surface area contributed by atoms with Crippen LogP contribution in [-0.4, -0.2) is 35.6 Å². The van der Waals surface area contributed by atoms with E-state index in [9.17, 15) is 4.79 Å². The van der Waals surface area contributed by atoms with Crippen molar-refractivity contribution in [2.24, 2.45) is 5.92 Å². The number of ketones is 1. The van der Waals surface area contributed by atoms with Gasteiger partial charge in [-0.25, -0.2) is 10.4 Å². The smallest absolute Gasteiger partial charge is 0.152 e. The van der Waals surface area contributed by atoms with Gasteiger partial charge in [-0.1, -0.05) is 27.7 Å². The molecule has 1 saturated heterocycles. The molecule has 0 bridgehead atoms. The van der Waals surface area contributed by atoms with E-state index in [2.05, 4.69) is 36.5 Å². The van der Waals surface area contributed by atoms with Crippen LogP contribution in [-0.2, 0) is 4.79 Å². The number of carbonyl (C=O) groups is 1. The number of hydrazine groups is 1. The van der Waals surface area contributed by atoms with Crippen LogP contribution in [0.4, 0.5) is 0 Å². The van der Waals surface area contributed by atoms with Gasteiger partial charge in [0.05, 0.1) is 11.7 Å². The van der Waals surface area contributed by atoms with Crippen molar-refractivity contribution < 1.29 is 4.79 Å². The van der Waals surface area contributed by atoms with Crippen molar-refractivity contribution in [3.8, 4) is 0 Å². The minimum absolute atomic E-state index is 0.0115. The van der Waals surface area contributed by atoms with Crippen molar-refractivity contribution >= 4 is 5.78 Å². The van der Waals surface area contributed by atoms with Crippen LogP contribution in [0.15, 0.2) is 0 Å². The number of carbonyl (C=O) groups excluding carboxylic acids is 1. The number of rotatable bonds is 7. The molecule has 100 valence electrons. The maximum atomic E-state index is 12.1. The Morgan fingerprint density at radius 2 is 1.88 bits per heavy atom. The fourth-order valence-corrected chi connectivity index (χ4v) is 2.10. The molecule has 17 heavy (non-hydrogen) atoms. The third-order valence-electron chi connectivity index (χ3n) is 3.47. The molecule has 4 nitrogen and oxygen atoms in total. The first-order valence-corrected chi connectivity index (χ1v) is 6.57. The van der Waals surface area contributed by atoms with E-state index in [-0.39, 0.29) is 17.6 Å². The van der Waals surface area contributed by atoms with E-state index < -0.39 is 0 Å². The van der Waals surface area contributed by atoms with Crippen LogP contribution in [0.1, 0.15) is 47.5 Å². The summed E-state index contributed by atoms with van der Waals surface area (Å²) in [5, 5.41) is 5.48. The lowest BCUT2D eigenvalue weighted by molar-refractivity contribution is -0.124. The molecule has 3 atom stereocenters. The van der Waals surface area contributed by atoms with E-state index in [0.29, 0.717) is 11.8 Å². The zero-order valence-electron chi connectivity index (χ0n) is 12.0. The molecule has 1 rings (SSSR count). The molecule has 0 saturated carbocycles. The van der Waals surface area contributed by atoms with Crippen LogP contribution >= 0.6 is 0 Å². The van der Waals surface area contributed by atoms with Crippen molar-refractivity contribution in [2.75, 3.05) is 7.05 Å². The first-order valence-electron chi connectivity index (χ1n) is 6.57. The monoisotopic (exact) mass is 241 g/mol. The Morgan fingerprint density at radius 1 is 1.35 bits per heavy atom. The van der Waals surface area contributed by atoms with E-state index in [1.165, 1.54) is 0 Å². The lowest BCUT2D eigenvalue weighted by Gasteiger charge is -2.22. The van der Waals surface area contributed by atoms with Crippen LogP contribution in [0.2, 0.25) is 0 Å². The van der Waals surface area contributed by atoms with Crippen LogP contribution < -0.4 is 10.7 Å². The highest BCUT2D eigenvalue weighted by Crippen LogP contribution is 2.28. The van der Waals surface area contributed by atoms with Gasteiger partial charge in [0.25, 0.3) is 0 Å². The predicted octanol–water partition coefficient (Wildman–Crippen LogP) is 1.52. The molecule has 0 aliphatic carbocycles. The average Bonchev–Trinajstić information content (AvgIpc) is 2.80. The predicted molar refractivity (Wildman–Crippen MR) is 70.4 cm³/mol. The Morgan fingerprint density at radius 3 is 2.24 bits per heavy atom. The lowest BCUT2D eigenvalue weighted by Crippen LogP contribution is -2.43. The van der Waals surface area contributed by atoms with Crippen LogP contribution in [0, 0.1) is 5.92 Å². The Balaban J connectivity index is 2.49. The molecule has 1 heterocycles. The summed E-state index contributed by atoms with van der Waals surface area (Å²) in [6.07, 6.45) is 1.88. The van der Waals surface area contributed by atoms with Crippen LogP contribution in [0.5, 0.6) is 0 Å². The van der Waals surface area contributed by atoms with Crippen molar-refractivity contribution in [3.05, 3.63) is 0 Å². The highest BCUT2D eigenvalue weighted by Gasteiger charge is 2.44. The summed E-state index contributed by atoms with van der Waals surface area (Å²) < 4.78 is 0. The molecule has 0 amide bonds. The lowest BCUT2D eigenvalue weighted by atomic mass is 9.95. The number of Topliss-reactive ketones (excluding diaryl/α,β-unsaturated/α-hetero) is 1. The highest BCUT2D eigenvalue weighted by atomic mass is 16.1. The van der Waals surface area contributed by atoms with Gasteiger partial charge in [-0.05, 0) is 19.8 Å². The van der Waals surface area contributed by atoms with E-state index in [4.69, 9.17) is 0 Å². The Bertz CT molecular complexity index is 278. The Kier molecular flexibility index (Phi) is 4.69. The first-order chi connectivity index (χ1) is 7.76. The summed E-state index contributed by atoms with van der Waals surface area (Å²) in [5.74, 6) is 0.426. The summed E-state index contributed by atoms with van der Waals surface area (Å²) in [7, 11) is 2.04. The highest BCUT2D eigenvalue weighted by molar-refractivity contribution is 5.85. The molecule has 0 aromatic carbocycles. The van der Waals surface area contributed by atoms with Gasteiger partial charge in [0.15, 0.2) is 5.78 Å². The maximum absolute atomic E-state index is 12.1. The second kappa shape index (κ2) is 5.46. The van der Waals surface area contributed by atoms with Gasteiger partial charge in [-0.3, -0.25) is 4.79 Å². The molecule has 3 unspecified atom stereocenters. The number of nitrogens with one attached hydrogen (secondary N) is 2. The standard InChI is InChI=1S/C13H27N3O/c1-9(2)12(17)11(14-10(3)4)7-8-13(5)15-16(13)6/h9-11,14-15H,7-8H2,1-6H3. The van der Waals surface area contributed by atoms with Gasteiger partial charge < -0.3 is 5.32 Å². The van der Waals surface area contributed by atoms with E-state index in [1.807, 2.05) is 20.9 Å². The summed E-state index contributed by atoms with van der Waals surface area (Å²) in [4.78, 5) is 12.1. The quantitative estimate of drug-likeness (QED) is 0.664. The second-order valence-electron chi connectivity index (χ2n) is 5.91. The third kappa shape index (κ3) is 4.05. The first kappa shape index (κ1) is 14.6. The SMILES string of the molecule is CC(C)NC(CCC1(C)NN1C)C(=O)C(C)C. The maximum Gasteiger partial charge on any atom is 0.152 e. The largest absolute Gasteiger partial charge is 0.305 e. The molecule has 2 N–H and O–H groups in total. The third-order valence-corrected chi connectivity index (χ3v) is 3.47. The molecule has 1 aliphatic rings. The van der Waals surface area contributed by atoms with Gasteiger partial charge >= 0.3 is 0 Å². The second-order valence-corrected chi connectivity index (χ2v) is 5.91. The van der Waals surface area contributed by atoms with Gasteiger partial charge in [0.1, 0.15) is 0 Å². The van der Waals surface area contributed by atoms with E-state index >= 15 is 0 Å². The van der Waals surface area contributed by atoms with E-state index in [0.717, 1.165) is 12.8 Å². The molecular weight excluding hydrogens is 214 g/mol. The van der Waals surface area contributed by atoms with E-state index in [1.54, 1.807) is 0 Å².